The van der Waals surface area contributed by atoms with Gasteiger partial charge in [-0.3, -0.25) is 4.90 Å². The molecule has 3 heteroatoms. The molecule has 0 aliphatic carbocycles. The van der Waals surface area contributed by atoms with Gasteiger partial charge in [0, 0.05) is 32.2 Å². The maximum atomic E-state index is 5.59. The number of ether oxygens (including phenoxy) is 2. The van der Waals surface area contributed by atoms with Crippen LogP contribution in [0, 0.1) is 5.92 Å². The van der Waals surface area contributed by atoms with E-state index in [9.17, 15) is 0 Å². The Hall–Kier alpha value is -0.120. The highest BCUT2D eigenvalue weighted by Crippen LogP contribution is 2.24. The Morgan fingerprint density at radius 1 is 1.18 bits per heavy atom. The minimum atomic E-state index is -0.0154. The summed E-state index contributed by atoms with van der Waals surface area (Å²) in [5.41, 5.74) is 0. The van der Waals surface area contributed by atoms with Crippen LogP contribution in [0.1, 0.15) is 47.0 Å². The van der Waals surface area contributed by atoms with Crippen LogP contribution in [0.2, 0.25) is 0 Å². The molecular formula is C14H29NO2. The molecule has 1 fully saturated rings. The van der Waals surface area contributed by atoms with Crippen molar-refractivity contribution in [2.24, 2.45) is 5.92 Å². The number of nitrogens with zero attached hydrogens (tertiary/aromatic N) is 1. The fourth-order valence-corrected chi connectivity index (χ4v) is 2.74. The summed E-state index contributed by atoms with van der Waals surface area (Å²) < 4.78 is 11.2. The van der Waals surface area contributed by atoms with E-state index in [2.05, 4.69) is 18.7 Å². The molecule has 0 radical (unpaired) electrons. The van der Waals surface area contributed by atoms with Crippen molar-refractivity contribution in [2.75, 3.05) is 26.3 Å². The Kier molecular flexibility index (Phi) is 7.09. The molecule has 0 saturated carbocycles. The fourth-order valence-electron chi connectivity index (χ4n) is 2.74. The van der Waals surface area contributed by atoms with Crippen LogP contribution in [-0.2, 0) is 9.47 Å². The second-order valence-electron chi connectivity index (χ2n) is 5.12. The van der Waals surface area contributed by atoms with Gasteiger partial charge in [0.15, 0.2) is 6.29 Å². The van der Waals surface area contributed by atoms with Crippen LogP contribution in [-0.4, -0.2) is 43.5 Å². The lowest BCUT2D eigenvalue weighted by Crippen LogP contribution is -2.36. The van der Waals surface area contributed by atoms with E-state index in [-0.39, 0.29) is 6.29 Å². The molecule has 3 nitrogen and oxygen atoms in total. The molecule has 1 unspecified atom stereocenters. The number of rotatable bonds is 8. The molecule has 0 aromatic carbocycles. The minimum Gasteiger partial charge on any atom is -0.353 e. The summed E-state index contributed by atoms with van der Waals surface area (Å²) >= 11 is 0. The zero-order valence-electron chi connectivity index (χ0n) is 11.9. The van der Waals surface area contributed by atoms with E-state index in [1.807, 2.05) is 13.8 Å². The first kappa shape index (κ1) is 14.9. The first-order valence-corrected chi connectivity index (χ1v) is 7.16. The van der Waals surface area contributed by atoms with Gasteiger partial charge in [-0.05, 0) is 39.2 Å². The van der Waals surface area contributed by atoms with Gasteiger partial charge in [-0.25, -0.2) is 0 Å². The monoisotopic (exact) mass is 243 g/mol. The Morgan fingerprint density at radius 3 is 2.35 bits per heavy atom. The SMILES string of the molecule is CCOC(CCN1CCCC1C(C)C)OCC. The lowest BCUT2D eigenvalue weighted by Gasteiger charge is -2.29. The van der Waals surface area contributed by atoms with E-state index < -0.39 is 0 Å². The van der Waals surface area contributed by atoms with Crippen molar-refractivity contribution in [2.45, 2.75) is 59.3 Å². The van der Waals surface area contributed by atoms with E-state index in [1.54, 1.807) is 0 Å². The molecule has 1 atom stereocenters. The summed E-state index contributed by atoms with van der Waals surface area (Å²) in [5.74, 6) is 0.759. The molecule has 0 N–H and O–H groups in total. The molecule has 1 aliphatic rings. The molecule has 0 amide bonds. The third kappa shape index (κ3) is 4.94. The highest BCUT2D eigenvalue weighted by molar-refractivity contribution is 4.81. The fraction of sp³-hybridized carbons (Fsp3) is 1.00. The Labute approximate surface area is 106 Å². The standard InChI is InChI=1S/C14H29NO2/c1-5-16-14(17-6-2)9-11-15-10-7-8-13(15)12(3)4/h12-14H,5-11H2,1-4H3. The van der Waals surface area contributed by atoms with E-state index in [0.29, 0.717) is 0 Å². The molecule has 0 aromatic rings. The van der Waals surface area contributed by atoms with Crippen LogP contribution >= 0.6 is 0 Å². The largest absolute Gasteiger partial charge is 0.353 e. The van der Waals surface area contributed by atoms with Crippen LogP contribution in [0.25, 0.3) is 0 Å². The molecule has 1 aliphatic heterocycles. The topological polar surface area (TPSA) is 21.7 Å². The Bertz CT molecular complexity index is 191. The molecule has 1 rings (SSSR count). The van der Waals surface area contributed by atoms with E-state index in [1.165, 1.54) is 19.4 Å². The van der Waals surface area contributed by atoms with Crippen molar-refractivity contribution < 1.29 is 9.47 Å². The van der Waals surface area contributed by atoms with Crippen LogP contribution < -0.4 is 0 Å². The van der Waals surface area contributed by atoms with Crippen molar-refractivity contribution >= 4 is 0 Å². The third-order valence-corrected chi connectivity index (χ3v) is 3.54. The Morgan fingerprint density at radius 2 is 1.82 bits per heavy atom. The lowest BCUT2D eigenvalue weighted by atomic mass is 10.0. The Balaban J connectivity index is 2.31. The normalized spacial score (nSPS) is 21.9. The minimum absolute atomic E-state index is 0.0154. The number of likely N-dealkylation sites (tertiary alicyclic amines) is 1. The highest BCUT2D eigenvalue weighted by Gasteiger charge is 2.27. The van der Waals surface area contributed by atoms with Crippen molar-refractivity contribution in [3.63, 3.8) is 0 Å². The molecular weight excluding hydrogens is 214 g/mol. The average molecular weight is 243 g/mol. The van der Waals surface area contributed by atoms with Gasteiger partial charge < -0.3 is 9.47 Å². The van der Waals surface area contributed by atoms with Gasteiger partial charge in [0.2, 0.25) is 0 Å². The quantitative estimate of drug-likeness (QED) is 0.612. The first-order valence-electron chi connectivity index (χ1n) is 7.16. The van der Waals surface area contributed by atoms with Gasteiger partial charge in [-0.2, -0.15) is 0 Å². The smallest absolute Gasteiger partial charge is 0.158 e. The zero-order chi connectivity index (χ0) is 12.7. The van der Waals surface area contributed by atoms with Crippen molar-refractivity contribution in [1.29, 1.82) is 0 Å². The van der Waals surface area contributed by atoms with E-state index in [4.69, 9.17) is 9.47 Å². The average Bonchev–Trinajstić information content (AvgIpc) is 2.74. The number of hydrogen-bond acceptors (Lipinski definition) is 3. The highest BCUT2D eigenvalue weighted by atomic mass is 16.7. The molecule has 0 aromatic heterocycles. The third-order valence-electron chi connectivity index (χ3n) is 3.54. The molecule has 0 bridgehead atoms. The van der Waals surface area contributed by atoms with Gasteiger partial charge in [0.25, 0.3) is 0 Å². The molecule has 1 heterocycles. The van der Waals surface area contributed by atoms with E-state index >= 15 is 0 Å². The predicted molar refractivity (Wildman–Crippen MR) is 71.1 cm³/mol. The van der Waals surface area contributed by atoms with Gasteiger partial charge in [-0.1, -0.05) is 13.8 Å². The second-order valence-corrected chi connectivity index (χ2v) is 5.12. The zero-order valence-corrected chi connectivity index (χ0v) is 11.9. The molecule has 102 valence electrons. The van der Waals surface area contributed by atoms with Crippen LogP contribution in [0.5, 0.6) is 0 Å². The summed E-state index contributed by atoms with van der Waals surface area (Å²) in [5, 5.41) is 0. The summed E-state index contributed by atoms with van der Waals surface area (Å²) in [6.45, 7) is 12.5. The van der Waals surface area contributed by atoms with Crippen LogP contribution in [0.4, 0.5) is 0 Å². The van der Waals surface area contributed by atoms with Gasteiger partial charge in [-0.15, -0.1) is 0 Å². The maximum absolute atomic E-state index is 5.59. The van der Waals surface area contributed by atoms with Crippen LogP contribution in [0.15, 0.2) is 0 Å². The van der Waals surface area contributed by atoms with Crippen LogP contribution in [0.3, 0.4) is 0 Å². The number of hydrogen-bond donors (Lipinski definition) is 0. The summed E-state index contributed by atoms with van der Waals surface area (Å²) in [6.07, 6.45) is 3.67. The van der Waals surface area contributed by atoms with Crippen molar-refractivity contribution in [1.82, 2.24) is 4.90 Å². The van der Waals surface area contributed by atoms with Crippen molar-refractivity contribution in [3.05, 3.63) is 0 Å². The van der Waals surface area contributed by atoms with Gasteiger partial charge in [0.05, 0.1) is 0 Å². The summed E-state index contributed by atoms with van der Waals surface area (Å²) in [4.78, 5) is 2.61. The predicted octanol–water partition coefficient (Wildman–Crippen LogP) is 2.90. The van der Waals surface area contributed by atoms with Gasteiger partial charge >= 0.3 is 0 Å². The van der Waals surface area contributed by atoms with E-state index in [0.717, 1.165) is 38.1 Å². The second kappa shape index (κ2) is 8.06. The van der Waals surface area contributed by atoms with Gasteiger partial charge in [0.1, 0.15) is 0 Å². The molecule has 17 heavy (non-hydrogen) atoms. The first-order chi connectivity index (χ1) is 8.19. The maximum Gasteiger partial charge on any atom is 0.158 e. The van der Waals surface area contributed by atoms with Crippen molar-refractivity contribution in [3.8, 4) is 0 Å². The molecule has 0 spiro atoms. The molecule has 1 saturated heterocycles. The lowest BCUT2D eigenvalue weighted by molar-refractivity contribution is -0.142. The summed E-state index contributed by atoms with van der Waals surface area (Å²) in [7, 11) is 0. The summed E-state index contributed by atoms with van der Waals surface area (Å²) in [6, 6.07) is 0.763.